The zero-order valence-corrected chi connectivity index (χ0v) is 16.1. The van der Waals surface area contributed by atoms with Crippen molar-refractivity contribution < 1.29 is 4.79 Å². The molecule has 0 spiro atoms. The van der Waals surface area contributed by atoms with E-state index in [2.05, 4.69) is 27.4 Å². The summed E-state index contributed by atoms with van der Waals surface area (Å²) in [5.41, 5.74) is 7.90. The molecule has 142 valence electrons. The Bertz CT molecular complexity index is 1150. The maximum Gasteiger partial charge on any atom is 0.266 e. The number of fused-ring (bicyclic) bond motifs is 2. The molecule has 29 heavy (non-hydrogen) atoms. The standard InChI is InChI=1S/C24H20N4O/c1-15(16-5-3-2-4-6-16)27-24(29)22-12-18-11-19-14-26-23(17-7-9-25-10-8-17)20(19)13-21(18)28-22/h2-11,13,15H,12,14H2,1H3,(H,27,29)/t15-/m1/s1. The zero-order chi connectivity index (χ0) is 19.8. The van der Waals surface area contributed by atoms with Crippen LogP contribution in [-0.2, 0) is 17.8 Å². The molecule has 3 aromatic rings. The van der Waals surface area contributed by atoms with E-state index in [4.69, 9.17) is 4.99 Å². The molecule has 1 amide bonds. The van der Waals surface area contributed by atoms with Crippen molar-refractivity contribution in [2.24, 2.45) is 9.98 Å². The molecule has 0 unspecified atom stereocenters. The lowest BCUT2D eigenvalue weighted by Gasteiger charge is -2.14. The highest BCUT2D eigenvalue weighted by atomic mass is 16.2. The lowest BCUT2D eigenvalue weighted by molar-refractivity contribution is -0.115. The van der Waals surface area contributed by atoms with Crippen molar-refractivity contribution in [2.45, 2.75) is 25.9 Å². The van der Waals surface area contributed by atoms with E-state index in [9.17, 15) is 4.79 Å². The van der Waals surface area contributed by atoms with Crippen molar-refractivity contribution in [3.8, 4) is 0 Å². The predicted octanol–water partition coefficient (Wildman–Crippen LogP) is 3.94. The minimum absolute atomic E-state index is 0.0643. The number of amides is 1. The summed E-state index contributed by atoms with van der Waals surface area (Å²) >= 11 is 0. The number of nitrogens with zero attached hydrogens (tertiary/aromatic N) is 3. The smallest absolute Gasteiger partial charge is 0.266 e. The molecule has 0 saturated carbocycles. The van der Waals surface area contributed by atoms with Gasteiger partial charge in [0.15, 0.2) is 0 Å². The molecule has 1 atom stereocenters. The first-order valence-corrected chi connectivity index (χ1v) is 9.73. The van der Waals surface area contributed by atoms with E-state index >= 15 is 0 Å². The third-order valence-corrected chi connectivity index (χ3v) is 5.44. The Morgan fingerprint density at radius 2 is 1.83 bits per heavy atom. The van der Waals surface area contributed by atoms with Gasteiger partial charge < -0.3 is 5.32 Å². The Morgan fingerprint density at radius 3 is 2.62 bits per heavy atom. The Balaban J connectivity index is 1.38. The lowest BCUT2D eigenvalue weighted by Crippen LogP contribution is -2.33. The summed E-state index contributed by atoms with van der Waals surface area (Å²) in [6, 6.07) is 18.0. The third kappa shape index (κ3) is 3.25. The van der Waals surface area contributed by atoms with E-state index in [-0.39, 0.29) is 11.9 Å². The fourth-order valence-electron chi connectivity index (χ4n) is 3.89. The van der Waals surface area contributed by atoms with E-state index < -0.39 is 0 Å². The van der Waals surface area contributed by atoms with Crippen LogP contribution in [0.25, 0.3) is 0 Å². The SMILES string of the molecule is C[C@@H](NC(=O)C1=Nc2cc3c(cc2C1)CN=C3c1ccncc1)c1ccccc1. The van der Waals surface area contributed by atoms with Crippen LogP contribution in [0.3, 0.4) is 0 Å². The van der Waals surface area contributed by atoms with Gasteiger partial charge in [-0.2, -0.15) is 0 Å². The lowest BCUT2D eigenvalue weighted by atomic mass is 9.97. The predicted molar refractivity (Wildman–Crippen MR) is 114 cm³/mol. The second-order valence-electron chi connectivity index (χ2n) is 7.38. The Morgan fingerprint density at radius 1 is 1.03 bits per heavy atom. The highest BCUT2D eigenvalue weighted by Crippen LogP contribution is 2.34. The minimum Gasteiger partial charge on any atom is -0.344 e. The van der Waals surface area contributed by atoms with Gasteiger partial charge in [-0.05, 0) is 41.8 Å². The van der Waals surface area contributed by atoms with Gasteiger partial charge in [-0.15, -0.1) is 0 Å². The highest BCUT2D eigenvalue weighted by Gasteiger charge is 2.26. The Hall–Kier alpha value is -3.60. The van der Waals surface area contributed by atoms with Crippen molar-refractivity contribution in [3.63, 3.8) is 0 Å². The van der Waals surface area contributed by atoms with Gasteiger partial charge in [0, 0.05) is 29.9 Å². The van der Waals surface area contributed by atoms with Crippen LogP contribution in [0, 0.1) is 0 Å². The van der Waals surface area contributed by atoms with Crippen molar-refractivity contribution in [1.29, 1.82) is 0 Å². The maximum atomic E-state index is 12.8. The van der Waals surface area contributed by atoms with Gasteiger partial charge in [0.1, 0.15) is 5.71 Å². The number of aliphatic imine (C=N–C) groups is 2. The van der Waals surface area contributed by atoms with Crippen molar-refractivity contribution in [1.82, 2.24) is 10.3 Å². The molecule has 2 aromatic carbocycles. The average Bonchev–Trinajstić information content (AvgIpc) is 3.36. The van der Waals surface area contributed by atoms with Crippen molar-refractivity contribution in [2.75, 3.05) is 0 Å². The van der Waals surface area contributed by atoms with E-state index in [0.717, 1.165) is 33.7 Å². The first kappa shape index (κ1) is 17.5. The Kier molecular flexibility index (Phi) is 4.28. The largest absolute Gasteiger partial charge is 0.344 e. The van der Waals surface area contributed by atoms with E-state index in [1.165, 1.54) is 5.56 Å². The molecule has 0 radical (unpaired) electrons. The molecule has 3 heterocycles. The number of nitrogens with one attached hydrogen (secondary N) is 1. The average molecular weight is 380 g/mol. The van der Waals surface area contributed by atoms with Gasteiger partial charge in [-0.1, -0.05) is 36.4 Å². The van der Waals surface area contributed by atoms with Crippen LogP contribution in [0.2, 0.25) is 0 Å². The van der Waals surface area contributed by atoms with Crippen molar-refractivity contribution in [3.05, 3.63) is 94.8 Å². The number of benzene rings is 2. The van der Waals surface area contributed by atoms with E-state index in [0.29, 0.717) is 18.7 Å². The molecule has 1 N–H and O–H groups in total. The second kappa shape index (κ2) is 7.09. The van der Waals surface area contributed by atoms with Gasteiger partial charge in [0.25, 0.3) is 5.91 Å². The molecular formula is C24H20N4O. The van der Waals surface area contributed by atoms with Crippen molar-refractivity contribution >= 4 is 23.0 Å². The minimum atomic E-state index is -0.110. The zero-order valence-electron chi connectivity index (χ0n) is 16.1. The summed E-state index contributed by atoms with van der Waals surface area (Å²) in [4.78, 5) is 26.2. The van der Waals surface area contributed by atoms with Crippen LogP contribution < -0.4 is 5.32 Å². The summed E-state index contributed by atoms with van der Waals surface area (Å²) < 4.78 is 0. The highest BCUT2D eigenvalue weighted by molar-refractivity contribution is 6.41. The maximum absolute atomic E-state index is 12.8. The number of rotatable bonds is 4. The van der Waals surface area contributed by atoms with Gasteiger partial charge in [-0.25, -0.2) is 4.99 Å². The fourth-order valence-corrected chi connectivity index (χ4v) is 3.89. The molecule has 0 bridgehead atoms. The molecule has 5 rings (SSSR count). The summed E-state index contributed by atoms with van der Waals surface area (Å²) in [6.07, 6.45) is 4.11. The summed E-state index contributed by atoms with van der Waals surface area (Å²) in [6.45, 7) is 2.65. The molecule has 2 aliphatic rings. The topological polar surface area (TPSA) is 66.7 Å². The quantitative estimate of drug-likeness (QED) is 0.745. The van der Waals surface area contributed by atoms with Gasteiger partial charge in [0.2, 0.25) is 0 Å². The summed E-state index contributed by atoms with van der Waals surface area (Å²) in [5, 5.41) is 3.06. The third-order valence-electron chi connectivity index (χ3n) is 5.44. The summed E-state index contributed by atoms with van der Waals surface area (Å²) in [7, 11) is 0. The van der Waals surface area contributed by atoms with Crippen LogP contribution in [0.5, 0.6) is 0 Å². The monoisotopic (exact) mass is 380 g/mol. The number of aromatic nitrogens is 1. The second-order valence-corrected chi connectivity index (χ2v) is 7.38. The van der Waals surface area contributed by atoms with Crippen LogP contribution in [0.1, 0.15) is 40.8 Å². The Labute approximate surface area is 169 Å². The van der Waals surface area contributed by atoms with Gasteiger partial charge in [-0.3, -0.25) is 14.8 Å². The van der Waals surface area contributed by atoms with E-state index in [1.807, 2.05) is 49.4 Å². The molecule has 1 aromatic heterocycles. The molecule has 2 aliphatic heterocycles. The molecule has 0 saturated heterocycles. The number of carbonyl (C=O) groups excluding carboxylic acids is 1. The number of hydrogen-bond donors (Lipinski definition) is 1. The van der Waals surface area contributed by atoms with Crippen LogP contribution in [-0.4, -0.2) is 22.3 Å². The van der Waals surface area contributed by atoms with Gasteiger partial charge in [0.05, 0.1) is 24.0 Å². The van der Waals surface area contributed by atoms with Gasteiger partial charge >= 0.3 is 0 Å². The summed E-state index contributed by atoms with van der Waals surface area (Å²) in [5.74, 6) is -0.110. The fraction of sp³-hybridized carbons (Fsp3) is 0.167. The molecule has 0 aliphatic carbocycles. The first-order chi connectivity index (χ1) is 14.2. The molecule has 5 nitrogen and oxygen atoms in total. The van der Waals surface area contributed by atoms with Crippen LogP contribution in [0.4, 0.5) is 5.69 Å². The van der Waals surface area contributed by atoms with Crippen LogP contribution in [0.15, 0.2) is 77.0 Å². The normalized spacial score (nSPS) is 15.2. The molecule has 5 heteroatoms. The molecule has 0 fully saturated rings. The molecular weight excluding hydrogens is 360 g/mol. The number of hydrogen-bond acceptors (Lipinski definition) is 4. The number of pyridine rings is 1. The van der Waals surface area contributed by atoms with E-state index in [1.54, 1.807) is 12.4 Å². The number of carbonyl (C=O) groups is 1. The first-order valence-electron chi connectivity index (χ1n) is 9.73. The van der Waals surface area contributed by atoms with Crippen LogP contribution >= 0.6 is 0 Å².